The zero-order valence-electron chi connectivity index (χ0n) is 20.5. The van der Waals surface area contributed by atoms with Crippen molar-refractivity contribution in [2.75, 3.05) is 38.5 Å². The van der Waals surface area contributed by atoms with Crippen molar-refractivity contribution in [3.8, 4) is 0 Å². The van der Waals surface area contributed by atoms with Crippen LogP contribution in [0.4, 0.5) is 5.69 Å². The number of benzene rings is 1. The van der Waals surface area contributed by atoms with E-state index in [1.165, 1.54) is 16.2 Å². The standard InChI is InChI=1S/C25H25ClN6O4S2/c1-31-9-7-16-18(12-31)38-24(29-16)23(35)30-21-14(11-28-22(34)17-5-6-19(26)37-17)3-2-4-15(21)25(36)32-10-8-27-20(33)13-32/h2-6H,7-13H2,1H3,(H,27,33)(H,28,34)(H,30,35). The van der Waals surface area contributed by atoms with Crippen LogP contribution in [0.15, 0.2) is 30.3 Å². The van der Waals surface area contributed by atoms with E-state index >= 15 is 0 Å². The highest BCUT2D eigenvalue weighted by molar-refractivity contribution is 7.18. The van der Waals surface area contributed by atoms with E-state index in [0.29, 0.717) is 32.9 Å². The highest BCUT2D eigenvalue weighted by Crippen LogP contribution is 2.28. The first-order valence-corrected chi connectivity index (χ1v) is 14.0. The Balaban J connectivity index is 1.43. The predicted octanol–water partition coefficient (Wildman–Crippen LogP) is 2.60. The van der Waals surface area contributed by atoms with Gasteiger partial charge < -0.3 is 25.8 Å². The maximum Gasteiger partial charge on any atom is 0.284 e. The Bertz CT molecular complexity index is 1420. The summed E-state index contributed by atoms with van der Waals surface area (Å²) in [5.74, 6) is -1.37. The van der Waals surface area contributed by atoms with Gasteiger partial charge >= 0.3 is 0 Å². The minimum Gasteiger partial charge on any atom is -0.353 e. The van der Waals surface area contributed by atoms with Gasteiger partial charge in [-0.15, -0.1) is 22.7 Å². The van der Waals surface area contributed by atoms with Crippen LogP contribution < -0.4 is 16.0 Å². The molecular formula is C25H25ClN6O4S2. The average Bonchev–Trinajstić information content (AvgIpc) is 3.53. The van der Waals surface area contributed by atoms with Crippen LogP contribution in [-0.2, 0) is 24.3 Å². The molecule has 5 rings (SSSR count). The minimum absolute atomic E-state index is 0.0603. The second-order valence-corrected chi connectivity index (χ2v) is 11.8. The predicted molar refractivity (Wildman–Crippen MR) is 146 cm³/mol. The molecule has 1 saturated heterocycles. The summed E-state index contributed by atoms with van der Waals surface area (Å²) in [6.45, 7) is 2.30. The number of likely N-dealkylation sites (N-methyl/N-ethyl adjacent to an activating group) is 1. The molecule has 0 unspecified atom stereocenters. The van der Waals surface area contributed by atoms with Crippen LogP contribution in [-0.4, -0.2) is 71.6 Å². The zero-order chi connectivity index (χ0) is 26.8. The molecule has 13 heteroatoms. The second-order valence-electron chi connectivity index (χ2n) is 9.03. The number of para-hydroxylation sites is 1. The van der Waals surface area contributed by atoms with Crippen molar-refractivity contribution in [2.24, 2.45) is 0 Å². The summed E-state index contributed by atoms with van der Waals surface area (Å²) in [5.41, 5.74) is 1.98. The fourth-order valence-corrected chi connectivity index (χ4v) is 6.38. The van der Waals surface area contributed by atoms with Crippen molar-refractivity contribution < 1.29 is 19.2 Å². The van der Waals surface area contributed by atoms with E-state index in [0.717, 1.165) is 41.4 Å². The highest BCUT2D eigenvalue weighted by atomic mass is 35.5. The first-order valence-electron chi connectivity index (χ1n) is 12.0. The number of thiophene rings is 1. The van der Waals surface area contributed by atoms with Gasteiger partial charge in [0.25, 0.3) is 17.7 Å². The van der Waals surface area contributed by atoms with Crippen LogP contribution in [0.5, 0.6) is 0 Å². The topological polar surface area (TPSA) is 124 Å². The number of amides is 4. The van der Waals surface area contributed by atoms with E-state index in [1.807, 2.05) is 7.05 Å². The number of nitrogens with one attached hydrogen (secondary N) is 3. The Kier molecular flexibility index (Phi) is 7.75. The number of hydrogen-bond donors (Lipinski definition) is 3. The van der Waals surface area contributed by atoms with E-state index in [9.17, 15) is 19.2 Å². The largest absolute Gasteiger partial charge is 0.353 e. The third-order valence-corrected chi connectivity index (χ3v) is 8.61. The van der Waals surface area contributed by atoms with Gasteiger partial charge in [0, 0.05) is 44.0 Å². The van der Waals surface area contributed by atoms with Crippen LogP contribution in [0.1, 0.15) is 46.0 Å². The number of carbonyl (C=O) groups excluding carboxylic acids is 4. The Labute approximate surface area is 232 Å². The monoisotopic (exact) mass is 572 g/mol. The number of hydrogen-bond acceptors (Lipinski definition) is 8. The van der Waals surface area contributed by atoms with Crippen molar-refractivity contribution in [2.45, 2.75) is 19.5 Å². The first kappa shape index (κ1) is 26.3. The van der Waals surface area contributed by atoms with Gasteiger partial charge in [-0.1, -0.05) is 23.7 Å². The summed E-state index contributed by atoms with van der Waals surface area (Å²) in [6, 6.07) is 8.31. The van der Waals surface area contributed by atoms with Crippen LogP contribution in [0.25, 0.3) is 0 Å². The van der Waals surface area contributed by atoms with Gasteiger partial charge in [0.2, 0.25) is 5.91 Å². The van der Waals surface area contributed by atoms with Gasteiger partial charge in [0.05, 0.1) is 32.7 Å². The lowest BCUT2D eigenvalue weighted by Crippen LogP contribution is -2.50. The summed E-state index contributed by atoms with van der Waals surface area (Å²) in [7, 11) is 2.02. The molecule has 3 aromatic rings. The summed E-state index contributed by atoms with van der Waals surface area (Å²) in [4.78, 5) is 61.1. The molecule has 4 amide bonds. The van der Waals surface area contributed by atoms with E-state index in [1.54, 1.807) is 30.3 Å². The van der Waals surface area contributed by atoms with Gasteiger partial charge in [-0.05, 0) is 30.8 Å². The Morgan fingerprint density at radius 3 is 2.71 bits per heavy atom. The molecule has 0 saturated carbocycles. The normalized spacial score (nSPS) is 15.5. The summed E-state index contributed by atoms with van der Waals surface area (Å²) in [5, 5.41) is 8.74. The zero-order valence-corrected chi connectivity index (χ0v) is 22.9. The van der Waals surface area contributed by atoms with Crippen molar-refractivity contribution in [1.82, 2.24) is 25.4 Å². The van der Waals surface area contributed by atoms with Gasteiger partial charge in [-0.25, -0.2) is 4.98 Å². The van der Waals surface area contributed by atoms with Crippen LogP contribution in [0.2, 0.25) is 4.34 Å². The van der Waals surface area contributed by atoms with E-state index in [4.69, 9.17) is 11.6 Å². The van der Waals surface area contributed by atoms with Crippen molar-refractivity contribution >= 4 is 63.6 Å². The molecule has 1 fully saturated rings. The molecule has 0 bridgehead atoms. The fraction of sp³-hybridized carbons (Fsp3) is 0.320. The molecule has 1 aromatic carbocycles. The van der Waals surface area contributed by atoms with Crippen LogP contribution >= 0.6 is 34.3 Å². The Morgan fingerprint density at radius 2 is 1.95 bits per heavy atom. The molecule has 3 N–H and O–H groups in total. The molecule has 2 aromatic heterocycles. The lowest BCUT2D eigenvalue weighted by Gasteiger charge is -2.28. The number of aromatic nitrogens is 1. The van der Waals surface area contributed by atoms with Gasteiger partial charge in [-0.2, -0.15) is 0 Å². The van der Waals surface area contributed by atoms with Crippen LogP contribution in [0, 0.1) is 0 Å². The molecule has 0 aliphatic carbocycles. The smallest absolute Gasteiger partial charge is 0.284 e. The number of piperazine rings is 1. The number of halogens is 1. The molecule has 10 nitrogen and oxygen atoms in total. The second kappa shape index (κ2) is 11.2. The average molecular weight is 573 g/mol. The van der Waals surface area contributed by atoms with Gasteiger partial charge in [-0.3, -0.25) is 19.2 Å². The van der Waals surface area contributed by atoms with Crippen molar-refractivity contribution in [1.29, 1.82) is 0 Å². The minimum atomic E-state index is -0.429. The lowest BCUT2D eigenvalue weighted by molar-refractivity contribution is -0.123. The lowest BCUT2D eigenvalue weighted by atomic mass is 10.0. The van der Waals surface area contributed by atoms with Crippen molar-refractivity contribution in [3.05, 3.63) is 66.3 Å². The highest BCUT2D eigenvalue weighted by Gasteiger charge is 2.27. The number of carbonyl (C=O) groups is 4. The summed E-state index contributed by atoms with van der Waals surface area (Å²) < 4.78 is 0.499. The number of anilines is 1. The Hall–Kier alpha value is -3.32. The van der Waals surface area contributed by atoms with Crippen molar-refractivity contribution in [3.63, 3.8) is 0 Å². The molecule has 2 aliphatic heterocycles. The first-order chi connectivity index (χ1) is 18.3. The molecule has 0 radical (unpaired) electrons. The third kappa shape index (κ3) is 5.73. The van der Waals surface area contributed by atoms with Gasteiger partial charge in [0.15, 0.2) is 5.01 Å². The number of thiazole rings is 1. The fourth-order valence-electron chi connectivity index (χ4n) is 4.34. The molecule has 198 valence electrons. The maximum atomic E-state index is 13.5. The Morgan fingerprint density at radius 1 is 1.11 bits per heavy atom. The summed E-state index contributed by atoms with van der Waals surface area (Å²) >= 11 is 8.46. The van der Waals surface area contributed by atoms with Crippen LogP contribution in [0.3, 0.4) is 0 Å². The molecular weight excluding hydrogens is 548 g/mol. The number of rotatable bonds is 6. The number of fused-ring (bicyclic) bond motifs is 1. The molecule has 38 heavy (non-hydrogen) atoms. The SMILES string of the molecule is CN1CCc2nc(C(=O)Nc3c(CNC(=O)c4ccc(Cl)s4)cccc3C(=O)N3CCNC(=O)C3)sc2C1. The van der Waals surface area contributed by atoms with Gasteiger partial charge in [0.1, 0.15) is 0 Å². The summed E-state index contributed by atoms with van der Waals surface area (Å²) in [6.07, 6.45) is 0.770. The van der Waals surface area contributed by atoms with E-state index < -0.39 is 5.91 Å². The van der Waals surface area contributed by atoms with E-state index in [-0.39, 0.29) is 42.1 Å². The number of nitrogens with zero attached hydrogens (tertiary/aromatic N) is 3. The third-order valence-electron chi connectivity index (χ3n) is 6.30. The van der Waals surface area contributed by atoms with E-state index in [2.05, 4.69) is 25.8 Å². The quantitative estimate of drug-likeness (QED) is 0.417. The maximum absolute atomic E-state index is 13.5. The molecule has 4 heterocycles. The molecule has 2 aliphatic rings. The molecule has 0 atom stereocenters. The molecule has 0 spiro atoms.